The van der Waals surface area contributed by atoms with E-state index in [1.165, 1.54) is 0 Å². The average molecular weight is 309 g/mol. The average Bonchev–Trinajstić information content (AvgIpc) is 2.98. The maximum atomic E-state index is 12.3. The summed E-state index contributed by atoms with van der Waals surface area (Å²) in [6, 6.07) is 13.6. The molecule has 0 saturated carbocycles. The number of aryl methyl sites for hydroxylation is 1. The van der Waals surface area contributed by atoms with Gasteiger partial charge in [0, 0.05) is 11.9 Å². The highest BCUT2D eigenvalue weighted by atomic mass is 16.3. The quantitative estimate of drug-likeness (QED) is 0.677. The summed E-state index contributed by atoms with van der Waals surface area (Å²) in [6.45, 7) is 2.57. The molecule has 2 aromatic carbocycles. The largest absolute Gasteiger partial charge is 0.392 e. The smallest absolute Gasteiger partial charge is 0.272 e. The maximum Gasteiger partial charge on any atom is 0.272 e. The highest BCUT2D eigenvalue weighted by Gasteiger charge is 2.13. The summed E-state index contributed by atoms with van der Waals surface area (Å²) in [5.74, 6) is -0.172. The predicted molar refractivity (Wildman–Crippen MR) is 89.2 cm³/mol. The van der Waals surface area contributed by atoms with Gasteiger partial charge in [-0.2, -0.15) is 5.10 Å². The van der Waals surface area contributed by atoms with Crippen molar-refractivity contribution in [1.29, 1.82) is 0 Å². The number of carbonyl (C=O) groups excluding carboxylic acids is 1. The first-order valence-corrected chi connectivity index (χ1v) is 7.59. The second kappa shape index (κ2) is 6.62. The fraction of sp³-hybridized carbons (Fsp3) is 0.222. The highest BCUT2D eigenvalue weighted by Crippen LogP contribution is 2.17. The molecule has 0 fully saturated rings. The van der Waals surface area contributed by atoms with Gasteiger partial charge >= 0.3 is 0 Å². The molecule has 0 unspecified atom stereocenters. The van der Waals surface area contributed by atoms with Gasteiger partial charge in [0.1, 0.15) is 0 Å². The predicted octanol–water partition coefficient (Wildman–Crippen LogP) is 2.34. The molecule has 3 aromatic rings. The van der Waals surface area contributed by atoms with Crippen LogP contribution in [0, 0.1) is 6.92 Å². The van der Waals surface area contributed by atoms with Crippen molar-refractivity contribution in [3.63, 3.8) is 0 Å². The number of nitrogens with one attached hydrogen (secondary N) is 2. The van der Waals surface area contributed by atoms with Crippen LogP contribution in [-0.2, 0) is 13.0 Å². The number of hydrogen-bond acceptors (Lipinski definition) is 3. The van der Waals surface area contributed by atoms with Gasteiger partial charge in [-0.3, -0.25) is 9.89 Å². The van der Waals surface area contributed by atoms with Gasteiger partial charge in [-0.15, -0.1) is 0 Å². The molecule has 1 aromatic heterocycles. The number of aromatic amines is 1. The van der Waals surface area contributed by atoms with Crippen molar-refractivity contribution in [1.82, 2.24) is 15.5 Å². The number of hydrogen-bond donors (Lipinski definition) is 3. The van der Waals surface area contributed by atoms with Crippen LogP contribution in [0.15, 0.2) is 42.5 Å². The molecule has 0 aliphatic rings. The van der Waals surface area contributed by atoms with Crippen molar-refractivity contribution in [2.75, 3.05) is 6.54 Å². The molecule has 0 radical (unpaired) electrons. The molecule has 3 rings (SSSR count). The third kappa shape index (κ3) is 3.40. The Labute approximate surface area is 134 Å². The van der Waals surface area contributed by atoms with E-state index >= 15 is 0 Å². The molecule has 5 heteroatoms. The second-order valence-electron chi connectivity index (χ2n) is 5.60. The van der Waals surface area contributed by atoms with Crippen LogP contribution in [0.1, 0.15) is 27.2 Å². The highest BCUT2D eigenvalue weighted by molar-refractivity contribution is 6.04. The Balaban J connectivity index is 1.63. The summed E-state index contributed by atoms with van der Waals surface area (Å²) in [6.07, 6.45) is 0.735. The Hall–Kier alpha value is -2.66. The topological polar surface area (TPSA) is 78.0 Å². The van der Waals surface area contributed by atoms with E-state index in [1.807, 2.05) is 49.4 Å². The Morgan fingerprint density at radius 1 is 1.17 bits per heavy atom. The number of aliphatic hydroxyl groups excluding tert-OH is 1. The lowest BCUT2D eigenvalue weighted by Gasteiger charge is -2.05. The van der Waals surface area contributed by atoms with E-state index < -0.39 is 0 Å². The van der Waals surface area contributed by atoms with E-state index in [9.17, 15) is 4.79 Å². The number of nitrogens with zero attached hydrogens (tertiary/aromatic N) is 1. The van der Waals surface area contributed by atoms with E-state index in [2.05, 4.69) is 15.5 Å². The van der Waals surface area contributed by atoms with Gasteiger partial charge in [-0.1, -0.05) is 35.9 Å². The van der Waals surface area contributed by atoms with Gasteiger partial charge in [0.15, 0.2) is 5.69 Å². The summed E-state index contributed by atoms with van der Waals surface area (Å²) < 4.78 is 0. The van der Waals surface area contributed by atoms with Gasteiger partial charge in [0.25, 0.3) is 5.91 Å². The van der Waals surface area contributed by atoms with E-state index in [0.717, 1.165) is 34.0 Å². The molecule has 1 amide bonds. The molecule has 0 bridgehead atoms. The molecule has 0 saturated heterocycles. The number of fused-ring (bicyclic) bond motifs is 1. The first-order valence-electron chi connectivity index (χ1n) is 7.59. The first kappa shape index (κ1) is 15.2. The third-order valence-electron chi connectivity index (χ3n) is 3.84. The molecular formula is C18H19N3O2. The fourth-order valence-electron chi connectivity index (χ4n) is 2.52. The minimum absolute atomic E-state index is 0.0443. The number of benzene rings is 2. The van der Waals surface area contributed by atoms with Gasteiger partial charge in [0.2, 0.25) is 0 Å². The van der Waals surface area contributed by atoms with Crippen LogP contribution in [0.4, 0.5) is 0 Å². The van der Waals surface area contributed by atoms with Crippen LogP contribution in [0.5, 0.6) is 0 Å². The summed E-state index contributed by atoms with van der Waals surface area (Å²) in [5.41, 5.74) is 4.39. The standard InChI is InChI=1S/C18H19N3O2/c1-12-2-7-16-15(10-12)17(21-20-16)18(23)19-9-8-13-3-5-14(11-22)6-4-13/h2-7,10,22H,8-9,11H2,1H3,(H,19,23)(H,20,21). The van der Waals surface area contributed by atoms with E-state index in [0.29, 0.717) is 12.2 Å². The fourth-order valence-corrected chi connectivity index (χ4v) is 2.52. The van der Waals surface area contributed by atoms with Gasteiger partial charge in [-0.25, -0.2) is 0 Å². The van der Waals surface area contributed by atoms with Crippen LogP contribution < -0.4 is 5.32 Å². The Kier molecular flexibility index (Phi) is 4.39. The van der Waals surface area contributed by atoms with Crippen molar-refractivity contribution in [2.45, 2.75) is 20.0 Å². The van der Waals surface area contributed by atoms with E-state index in [1.54, 1.807) is 0 Å². The summed E-state index contributed by atoms with van der Waals surface area (Å²) in [4.78, 5) is 12.3. The Morgan fingerprint density at radius 3 is 2.65 bits per heavy atom. The van der Waals surface area contributed by atoms with E-state index in [-0.39, 0.29) is 12.5 Å². The minimum Gasteiger partial charge on any atom is -0.392 e. The van der Waals surface area contributed by atoms with Crippen molar-refractivity contribution < 1.29 is 9.90 Å². The van der Waals surface area contributed by atoms with Crippen LogP contribution in [0.25, 0.3) is 10.9 Å². The zero-order valence-electron chi connectivity index (χ0n) is 13.0. The molecular weight excluding hydrogens is 290 g/mol. The first-order chi connectivity index (χ1) is 11.2. The lowest BCUT2D eigenvalue weighted by Crippen LogP contribution is -2.26. The second-order valence-corrected chi connectivity index (χ2v) is 5.60. The summed E-state index contributed by atoms with van der Waals surface area (Å²) in [7, 11) is 0. The molecule has 118 valence electrons. The van der Waals surface area contributed by atoms with Crippen molar-refractivity contribution in [3.8, 4) is 0 Å². The van der Waals surface area contributed by atoms with Gasteiger partial charge in [0.05, 0.1) is 12.1 Å². The zero-order chi connectivity index (χ0) is 16.2. The van der Waals surface area contributed by atoms with Crippen LogP contribution in [0.3, 0.4) is 0 Å². The Morgan fingerprint density at radius 2 is 1.91 bits per heavy atom. The molecule has 0 spiro atoms. The molecule has 23 heavy (non-hydrogen) atoms. The third-order valence-corrected chi connectivity index (χ3v) is 3.84. The molecule has 5 nitrogen and oxygen atoms in total. The number of rotatable bonds is 5. The van der Waals surface area contributed by atoms with Gasteiger partial charge < -0.3 is 10.4 Å². The molecule has 3 N–H and O–H groups in total. The monoisotopic (exact) mass is 309 g/mol. The van der Waals surface area contributed by atoms with Crippen LogP contribution in [-0.4, -0.2) is 27.8 Å². The lowest BCUT2D eigenvalue weighted by molar-refractivity contribution is 0.0950. The lowest BCUT2D eigenvalue weighted by atomic mass is 10.1. The number of carbonyl (C=O) groups is 1. The van der Waals surface area contributed by atoms with E-state index in [4.69, 9.17) is 5.11 Å². The summed E-state index contributed by atoms with van der Waals surface area (Å²) >= 11 is 0. The molecule has 0 aliphatic carbocycles. The molecule has 1 heterocycles. The molecule has 0 aliphatic heterocycles. The maximum absolute atomic E-state index is 12.3. The number of aromatic nitrogens is 2. The number of H-pyrrole nitrogens is 1. The normalized spacial score (nSPS) is 10.9. The van der Waals surface area contributed by atoms with Crippen molar-refractivity contribution in [2.24, 2.45) is 0 Å². The number of aliphatic hydroxyl groups is 1. The SMILES string of the molecule is Cc1ccc2[nH]nc(C(=O)NCCc3ccc(CO)cc3)c2c1. The van der Waals surface area contributed by atoms with Crippen LogP contribution >= 0.6 is 0 Å². The van der Waals surface area contributed by atoms with Gasteiger partial charge in [-0.05, 0) is 36.6 Å². The summed E-state index contributed by atoms with van der Waals surface area (Å²) in [5, 5.41) is 19.8. The van der Waals surface area contributed by atoms with Crippen molar-refractivity contribution >= 4 is 16.8 Å². The minimum atomic E-state index is -0.172. The Bertz CT molecular complexity index is 822. The zero-order valence-corrected chi connectivity index (χ0v) is 13.0. The van der Waals surface area contributed by atoms with Crippen molar-refractivity contribution in [3.05, 3.63) is 64.8 Å². The molecule has 0 atom stereocenters. The number of amides is 1. The van der Waals surface area contributed by atoms with Crippen LogP contribution in [0.2, 0.25) is 0 Å².